The van der Waals surface area contributed by atoms with E-state index >= 15 is 0 Å². The van der Waals surface area contributed by atoms with Gasteiger partial charge in [0.2, 0.25) is 0 Å². The van der Waals surface area contributed by atoms with Crippen LogP contribution >= 0.6 is 0 Å². The summed E-state index contributed by atoms with van der Waals surface area (Å²) in [7, 11) is 0. The summed E-state index contributed by atoms with van der Waals surface area (Å²) in [4.78, 5) is 25.5. The van der Waals surface area contributed by atoms with Crippen LogP contribution in [0.5, 0.6) is 0 Å². The minimum Gasteiger partial charge on any atom is -0.366 e. The van der Waals surface area contributed by atoms with Gasteiger partial charge in [-0.3, -0.25) is 10.2 Å². The molecule has 1 fully saturated rings. The first-order valence-corrected chi connectivity index (χ1v) is 9.85. The number of urea groups is 1. The first kappa shape index (κ1) is 19.3. The number of rotatable bonds is 2. The molecular formula is C22H18F3N5O. The van der Waals surface area contributed by atoms with Crippen LogP contribution in [0.25, 0.3) is 11.3 Å². The van der Waals surface area contributed by atoms with Crippen molar-refractivity contribution in [2.24, 2.45) is 0 Å². The lowest BCUT2D eigenvalue weighted by Gasteiger charge is -2.35. The standard InChI is InChI=1S/C22H18F3N5O/c23-22(24,25)16-6-2-1-5-15(16)17-8-9-18-20(27-17)30(14-10-12-29(18)13-14)21(31)28-19-7-3-4-11-26-19/h1-9,11,14H,10,12-13H2,(H,26,28,31)/t14-/m0/s1. The molecule has 2 aliphatic heterocycles. The number of hydrogen-bond donors (Lipinski definition) is 1. The van der Waals surface area contributed by atoms with Gasteiger partial charge in [0.05, 0.1) is 23.0 Å². The average Bonchev–Trinajstić information content (AvgIpc) is 3.18. The van der Waals surface area contributed by atoms with Crippen LogP contribution in [-0.2, 0) is 6.18 Å². The lowest BCUT2D eigenvalue weighted by atomic mass is 10.0. The molecule has 0 radical (unpaired) electrons. The van der Waals surface area contributed by atoms with Crippen molar-refractivity contribution in [1.29, 1.82) is 0 Å². The molecule has 1 aromatic carbocycles. The van der Waals surface area contributed by atoms with E-state index in [4.69, 9.17) is 0 Å². The van der Waals surface area contributed by atoms with E-state index in [1.54, 1.807) is 47.5 Å². The van der Waals surface area contributed by atoms with Crippen LogP contribution in [0.2, 0.25) is 0 Å². The van der Waals surface area contributed by atoms with Crippen molar-refractivity contribution in [2.75, 3.05) is 28.2 Å². The van der Waals surface area contributed by atoms with Gasteiger partial charge in [0.1, 0.15) is 5.82 Å². The number of carbonyl (C=O) groups is 1. The summed E-state index contributed by atoms with van der Waals surface area (Å²) in [5, 5.41) is 2.77. The first-order chi connectivity index (χ1) is 14.9. The third kappa shape index (κ3) is 3.45. The molecule has 2 aliphatic rings. The van der Waals surface area contributed by atoms with E-state index in [9.17, 15) is 18.0 Å². The first-order valence-electron chi connectivity index (χ1n) is 9.85. The maximum Gasteiger partial charge on any atom is 0.417 e. The minimum absolute atomic E-state index is 0.0178. The lowest BCUT2D eigenvalue weighted by molar-refractivity contribution is -0.137. The van der Waals surface area contributed by atoms with Crippen molar-refractivity contribution in [2.45, 2.75) is 18.6 Å². The highest BCUT2D eigenvalue weighted by Crippen LogP contribution is 2.42. The van der Waals surface area contributed by atoms with E-state index in [0.717, 1.165) is 24.7 Å². The van der Waals surface area contributed by atoms with E-state index < -0.39 is 17.8 Å². The van der Waals surface area contributed by atoms with Crippen LogP contribution in [0.4, 0.5) is 35.3 Å². The average molecular weight is 425 g/mol. The van der Waals surface area contributed by atoms with Crippen molar-refractivity contribution in [1.82, 2.24) is 9.97 Å². The second kappa shape index (κ2) is 7.26. The Kier molecular flexibility index (Phi) is 4.53. The van der Waals surface area contributed by atoms with Gasteiger partial charge >= 0.3 is 12.2 Å². The van der Waals surface area contributed by atoms with Crippen molar-refractivity contribution in [3.63, 3.8) is 0 Å². The predicted octanol–water partition coefficient (Wildman–Crippen LogP) is 4.79. The molecule has 2 bridgehead atoms. The smallest absolute Gasteiger partial charge is 0.366 e. The zero-order valence-electron chi connectivity index (χ0n) is 16.3. The van der Waals surface area contributed by atoms with E-state index in [0.29, 0.717) is 18.2 Å². The topological polar surface area (TPSA) is 61.4 Å². The molecule has 3 aromatic rings. The number of halogens is 3. The summed E-state index contributed by atoms with van der Waals surface area (Å²) in [5.41, 5.74) is 0.129. The Morgan fingerprint density at radius 3 is 2.65 bits per heavy atom. The van der Waals surface area contributed by atoms with Gasteiger partial charge in [0, 0.05) is 24.8 Å². The molecule has 9 heteroatoms. The Labute approximate surface area is 176 Å². The van der Waals surface area contributed by atoms with Crippen LogP contribution in [0, 0.1) is 0 Å². The van der Waals surface area contributed by atoms with Gasteiger partial charge in [0.15, 0.2) is 5.82 Å². The van der Waals surface area contributed by atoms with Crippen LogP contribution in [0.15, 0.2) is 60.8 Å². The second-order valence-electron chi connectivity index (χ2n) is 7.49. The molecule has 0 spiro atoms. The third-order valence-corrected chi connectivity index (χ3v) is 5.58. The number of hydrogen-bond acceptors (Lipinski definition) is 4. The fraction of sp³-hybridized carbons (Fsp3) is 0.227. The Morgan fingerprint density at radius 2 is 1.87 bits per heavy atom. The summed E-state index contributed by atoms with van der Waals surface area (Å²) in [6.45, 7) is 1.41. The number of nitrogens with zero attached hydrogens (tertiary/aromatic N) is 4. The van der Waals surface area contributed by atoms with Crippen LogP contribution in [-0.4, -0.2) is 35.1 Å². The summed E-state index contributed by atoms with van der Waals surface area (Å²) < 4.78 is 40.6. The number of carbonyl (C=O) groups excluding carboxylic acids is 1. The number of alkyl halides is 3. The van der Waals surface area contributed by atoms with Gasteiger partial charge in [-0.15, -0.1) is 0 Å². The van der Waals surface area contributed by atoms with Gasteiger partial charge in [-0.2, -0.15) is 13.2 Å². The zero-order chi connectivity index (χ0) is 21.6. The second-order valence-corrected chi connectivity index (χ2v) is 7.49. The minimum atomic E-state index is -4.51. The lowest BCUT2D eigenvalue weighted by Crippen LogP contribution is -2.48. The normalized spacial score (nSPS) is 17.5. The Bertz CT molecular complexity index is 1140. The number of fused-ring (bicyclic) bond motifs is 4. The van der Waals surface area contributed by atoms with Gasteiger partial charge in [-0.1, -0.05) is 24.3 Å². The Hall–Kier alpha value is -3.62. The summed E-state index contributed by atoms with van der Waals surface area (Å²) in [6, 6.07) is 13.3. The van der Waals surface area contributed by atoms with E-state index in [-0.39, 0.29) is 17.3 Å². The highest BCUT2D eigenvalue weighted by Gasteiger charge is 2.41. The molecule has 0 unspecified atom stereocenters. The molecule has 2 amide bonds. The molecule has 2 aromatic heterocycles. The van der Waals surface area contributed by atoms with Gasteiger partial charge in [-0.25, -0.2) is 14.8 Å². The zero-order valence-corrected chi connectivity index (χ0v) is 16.3. The SMILES string of the molecule is O=C(Nc1ccccn1)N1c2nc(-c3ccccc3C(F)(F)F)ccc2N2CC[C@H]1C2. The molecule has 6 nitrogen and oxygen atoms in total. The highest BCUT2D eigenvalue weighted by atomic mass is 19.4. The van der Waals surface area contributed by atoms with E-state index in [1.807, 2.05) is 0 Å². The fourth-order valence-electron chi connectivity index (χ4n) is 4.18. The van der Waals surface area contributed by atoms with Crippen molar-refractivity contribution in [3.8, 4) is 11.3 Å². The summed E-state index contributed by atoms with van der Waals surface area (Å²) in [5.74, 6) is 0.754. The highest BCUT2D eigenvalue weighted by molar-refractivity contribution is 6.04. The van der Waals surface area contributed by atoms with E-state index in [1.165, 1.54) is 12.1 Å². The monoisotopic (exact) mass is 425 g/mol. The number of anilines is 3. The molecule has 158 valence electrons. The van der Waals surface area contributed by atoms with Crippen molar-refractivity contribution < 1.29 is 18.0 Å². The molecule has 4 heterocycles. The van der Waals surface area contributed by atoms with Crippen LogP contribution in [0.1, 0.15) is 12.0 Å². The molecule has 1 N–H and O–H groups in total. The molecule has 31 heavy (non-hydrogen) atoms. The number of pyridine rings is 2. The maximum atomic E-state index is 13.5. The van der Waals surface area contributed by atoms with E-state index in [2.05, 4.69) is 20.2 Å². The van der Waals surface area contributed by atoms with Crippen molar-refractivity contribution >= 4 is 23.4 Å². The fourth-order valence-corrected chi connectivity index (χ4v) is 4.18. The Balaban J connectivity index is 1.57. The maximum absolute atomic E-state index is 13.5. The molecule has 0 saturated carbocycles. The van der Waals surface area contributed by atoms with Gasteiger partial charge in [-0.05, 0) is 36.8 Å². The third-order valence-electron chi connectivity index (χ3n) is 5.58. The molecule has 1 saturated heterocycles. The number of benzene rings is 1. The molecular weight excluding hydrogens is 407 g/mol. The van der Waals surface area contributed by atoms with Crippen molar-refractivity contribution in [3.05, 3.63) is 66.4 Å². The molecule has 5 rings (SSSR count). The predicted molar refractivity (Wildman–Crippen MR) is 111 cm³/mol. The molecule has 0 aliphatic carbocycles. The van der Waals surface area contributed by atoms with Gasteiger partial charge in [0.25, 0.3) is 0 Å². The van der Waals surface area contributed by atoms with Crippen LogP contribution < -0.4 is 15.1 Å². The largest absolute Gasteiger partial charge is 0.417 e. The quantitative estimate of drug-likeness (QED) is 0.641. The molecule has 1 atom stereocenters. The summed E-state index contributed by atoms with van der Waals surface area (Å²) in [6.07, 6.45) is -2.19. The number of amides is 2. The Morgan fingerprint density at radius 1 is 1.06 bits per heavy atom. The summed E-state index contributed by atoms with van der Waals surface area (Å²) >= 11 is 0. The van der Waals surface area contributed by atoms with Crippen LogP contribution in [0.3, 0.4) is 0 Å². The number of nitrogens with one attached hydrogen (secondary N) is 1. The van der Waals surface area contributed by atoms with Gasteiger partial charge < -0.3 is 4.90 Å². The number of aromatic nitrogens is 2.